The summed E-state index contributed by atoms with van der Waals surface area (Å²) in [6, 6.07) is 21.0. The molecular formula is C22H16ClN3O4. The molecule has 0 unspecified atom stereocenters. The monoisotopic (exact) mass is 421 g/mol. The highest BCUT2D eigenvalue weighted by Crippen LogP contribution is 2.25. The molecule has 3 aromatic carbocycles. The minimum absolute atomic E-state index is 0.165. The van der Waals surface area contributed by atoms with Crippen molar-refractivity contribution in [3.05, 3.63) is 105 Å². The molecule has 30 heavy (non-hydrogen) atoms. The van der Waals surface area contributed by atoms with Crippen molar-refractivity contribution in [2.45, 2.75) is 0 Å². The fourth-order valence-corrected chi connectivity index (χ4v) is 2.76. The standard InChI is InChI=1S/C22H16ClN3O4/c23-20-12-11-18(26(29)30)13-15(20)14-19(21(27)24-16-7-3-1-4-8-16)22(28)25-17-9-5-2-6-10-17/h1-14H,(H,24,27)(H,25,28). The number of carbonyl (C=O) groups is 2. The number of para-hydroxylation sites is 2. The molecule has 0 aliphatic heterocycles. The van der Waals surface area contributed by atoms with Crippen LogP contribution in [0.1, 0.15) is 5.56 Å². The third-order valence-corrected chi connectivity index (χ3v) is 4.39. The van der Waals surface area contributed by atoms with Gasteiger partial charge in [-0.25, -0.2) is 0 Å². The van der Waals surface area contributed by atoms with Gasteiger partial charge in [0.25, 0.3) is 17.5 Å². The van der Waals surface area contributed by atoms with E-state index in [-0.39, 0.29) is 21.8 Å². The van der Waals surface area contributed by atoms with Gasteiger partial charge in [-0.05, 0) is 36.4 Å². The fourth-order valence-electron chi connectivity index (χ4n) is 2.58. The largest absolute Gasteiger partial charge is 0.322 e. The molecule has 0 aliphatic rings. The number of nitrogens with one attached hydrogen (secondary N) is 2. The molecule has 3 aromatic rings. The van der Waals surface area contributed by atoms with E-state index in [1.54, 1.807) is 60.7 Å². The van der Waals surface area contributed by atoms with E-state index >= 15 is 0 Å². The van der Waals surface area contributed by atoms with E-state index in [0.717, 1.165) is 0 Å². The Morgan fingerprint density at radius 1 is 0.833 bits per heavy atom. The molecule has 0 saturated carbocycles. The molecule has 0 aromatic heterocycles. The summed E-state index contributed by atoms with van der Waals surface area (Å²) >= 11 is 6.14. The predicted molar refractivity (Wildman–Crippen MR) is 116 cm³/mol. The third-order valence-electron chi connectivity index (χ3n) is 4.04. The minimum atomic E-state index is -0.683. The van der Waals surface area contributed by atoms with Crippen molar-refractivity contribution in [3.63, 3.8) is 0 Å². The van der Waals surface area contributed by atoms with Crippen LogP contribution < -0.4 is 10.6 Å². The van der Waals surface area contributed by atoms with Crippen molar-refractivity contribution in [1.82, 2.24) is 0 Å². The molecular weight excluding hydrogens is 406 g/mol. The number of hydrogen-bond acceptors (Lipinski definition) is 4. The van der Waals surface area contributed by atoms with E-state index in [2.05, 4.69) is 10.6 Å². The van der Waals surface area contributed by atoms with E-state index in [9.17, 15) is 19.7 Å². The summed E-state index contributed by atoms with van der Waals surface area (Å²) in [6.45, 7) is 0. The first-order chi connectivity index (χ1) is 14.4. The number of nitro groups is 1. The number of nitrogens with zero attached hydrogens (tertiary/aromatic N) is 1. The Bertz CT molecular complexity index is 1060. The molecule has 0 heterocycles. The van der Waals surface area contributed by atoms with Crippen molar-refractivity contribution in [3.8, 4) is 0 Å². The second-order valence-corrected chi connectivity index (χ2v) is 6.57. The first kappa shape index (κ1) is 20.8. The van der Waals surface area contributed by atoms with Crippen LogP contribution in [0.2, 0.25) is 5.02 Å². The van der Waals surface area contributed by atoms with Gasteiger partial charge < -0.3 is 10.6 Å². The lowest BCUT2D eigenvalue weighted by atomic mass is 10.1. The van der Waals surface area contributed by atoms with Crippen LogP contribution in [0.5, 0.6) is 0 Å². The number of carbonyl (C=O) groups excluding carboxylic acids is 2. The van der Waals surface area contributed by atoms with Crippen molar-refractivity contribution in [1.29, 1.82) is 0 Å². The summed E-state index contributed by atoms with van der Waals surface area (Å²) in [5.74, 6) is -1.37. The first-order valence-electron chi connectivity index (χ1n) is 8.82. The predicted octanol–water partition coefficient (Wildman–Crippen LogP) is 4.91. The van der Waals surface area contributed by atoms with Crippen LogP contribution in [-0.4, -0.2) is 16.7 Å². The van der Waals surface area contributed by atoms with E-state index < -0.39 is 16.7 Å². The Morgan fingerprint density at radius 2 is 1.33 bits per heavy atom. The molecule has 0 fully saturated rings. The topological polar surface area (TPSA) is 101 Å². The maximum absolute atomic E-state index is 12.9. The highest BCUT2D eigenvalue weighted by molar-refractivity contribution is 6.33. The van der Waals surface area contributed by atoms with Crippen molar-refractivity contribution in [2.75, 3.05) is 10.6 Å². The number of non-ortho nitro benzene ring substituents is 1. The van der Waals surface area contributed by atoms with Gasteiger partial charge in [0.2, 0.25) is 0 Å². The Balaban J connectivity index is 1.99. The highest BCUT2D eigenvalue weighted by Gasteiger charge is 2.20. The molecule has 0 aliphatic carbocycles. The SMILES string of the molecule is O=C(Nc1ccccc1)C(=Cc1cc([N+](=O)[O-])ccc1Cl)C(=O)Nc1ccccc1. The quantitative estimate of drug-likeness (QED) is 0.194. The normalized spacial score (nSPS) is 10.0. The third kappa shape index (κ3) is 5.30. The van der Waals surface area contributed by atoms with Gasteiger partial charge in [0, 0.05) is 34.1 Å². The lowest BCUT2D eigenvalue weighted by Crippen LogP contribution is -2.25. The Morgan fingerprint density at radius 3 is 1.80 bits per heavy atom. The van der Waals surface area contributed by atoms with Crippen LogP contribution in [0.15, 0.2) is 84.4 Å². The molecule has 0 saturated heterocycles. The van der Waals surface area contributed by atoms with E-state index in [0.29, 0.717) is 11.4 Å². The first-order valence-corrected chi connectivity index (χ1v) is 9.20. The summed E-state index contributed by atoms with van der Waals surface area (Å²) in [7, 11) is 0. The van der Waals surface area contributed by atoms with Crippen LogP contribution in [0.4, 0.5) is 17.1 Å². The maximum Gasteiger partial charge on any atom is 0.270 e. The van der Waals surface area contributed by atoms with E-state index in [4.69, 9.17) is 11.6 Å². The van der Waals surface area contributed by atoms with Gasteiger partial charge in [-0.1, -0.05) is 48.0 Å². The van der Waals surface area contributed by atoms with Gasteiger partial charge in [-0.15, -0.1) is 0 Å². The van der Waals surface area contributed by atoms with Crippen molar-refractivity contribution >= 4 is 46.6 Å². The lowest BCUT2D eigenvalue weighted by Gasteiger charge is -2.11. The van der Waals surface area contributed by atoms with Crippen LogP contribution >= 0.6 is 11.6 Å². The number of benzene rings is 3. The number of nitro benzene ring substituents is 1. The summed E-state index contributed by atoms with van der Waals surface area (Å²) in [5, 5.41) is 16.5. The summed E-state index contributed by atoms with van der Waals surface area (Å²) < 4.78 is 0. The second-order valence-electron chi connectivity index (χ2n) is 6.16. The maximum atomic E-state index is 12.9. The number of hydrogen-bond donors (Lipinski definition) is 2. The van der Waals surface area contributed by atoms with Crippen LogP contribution in [0.3, 0.4) is 0 Å². The molecule has 0 atom stereocenters. The number of anilines is 2. The number of halogens is 1. The summed E-state index contributed by atoms with van der Waals surface area (Å²) in [4.78, 5) is 36.2. The number of amides is 2. The van der Waals surface area contributed by atoms with Gasteiger partial charge >= 0.3 is 0 Å². The molecule has 3 rings (SSSR count). The zero-order valence-corrected chi connectivity index (χ0v) is 16.3. The smallest absolute Gasteiger partial charge is 0.270 e. The van der Waals surface area contributed by atoms with Crippen molar-refractivity contribution in [2.24, 2.45) is 0 Å². The van der Waals surface area contributed by atoms with Crippen LogP contribution in [0, 0.1) is 10.1 Å². The molecule has 7 nitrogen and oxygen atoms in total. The Kier molecular flexibility index (Phi) is 6.56. The molecule has 0 radical (unpaired) electrons. The van der Waals surface area contributed by atoms with Crippen LogP contribution in [-0.2, 0) is 9.59 Å². The van der Waals surface area contributed by atoms with E-state index in [1.807, 2.05) is 0 Å². The highest BCUT2D eigenvalue weighted by atomic mass is 35.5. The zero-order chi connectivity index (χ0) is 21.5. The summed E-state index contributed by atoms with van der Waals surface area (Å²) in [5.41, 5.74) is 0.687. The van der Waals surface area contributed by atoms with Gasteiger partial charge in [0.15, 0.2) is 0 Å². The van der Waals surface area contributed by atoms with Gasteiger partial charge in [-0.3, -0.25) is 19.7 Å². The van der Waals surface area contributed by atoms with Gasteiger partial charge in [-0.2, -0.15) is 0 Å². The lowest BCUT2D eigenvalue weighted by molar-refractivity contribution is -0.384. The molecule has 150 valence electrons. The van der Waals surface area contributed by atoms with Gasteiger partial charge in [0.05, 0.1) is 4.92 Å². The average Bonchev–Trinajstić information content (AvgIpc) is 2.74. The number of rotatable bonds is 6. The molecule has 8 heteroatoms. The molecule has 2 N–H and O–H groups in total. The Hall–Kier alpha value is -3.97. The average molecular weight is 422 g/mol. The second kappa shape index (κ2) is 9.49. The summed E-state index contributed by atoms with van der Waals surface area (Å²) in [6.07, 6.45) is 1.23. The molecule has 0 spiro atoms. The molecule has 0 bridgehead atoms. The fraction of sp³-hybridized carbons (Fsp3) is 0. The Labute approximate surface area is 177 Å². The zero-order valence-electron chi connectivity index (χ0n) is 15.5. The molecule has 2 amide bonds. The van der Waals surface area contributed by atoms with Gasteiger partial charge in [0.1, 0.15) is 5.57 Å². The van der Waals surface area contributed by atoms with E-state index in [1.165, 1.54) is 24.3 Å². The minimum Gasteiger partial charge on any atom is -0.322 e. The van der Waals surface area contributed by atoms with Crippen LogP contribution in [0.25, 0.3) is 6.08 Å². The van der Waals surface area contributed by atoms with Crippen molar-refractivity contribution < 1.29 is 14.5 Å².